The molecule has 0 spiro atoms. The first-order chi connectivity index (χ1) is 14.2. The fourth-order valence-electron chi connectivity index (χ4n) is 3.82. The molecule has 3 aromatic rings. The summed E-state index contributed by atoms with van der Waals surface area (Å²) >= 11 is 1.54. The van der Waals surface area contributed by atoms with Crippen molar-refractivity contribution in [1.82, 2.24) is 14.9 Å². The molecule has 0 bridgehead atoms. The molecule has 1 saturated heterocycles. The molecule has 2 aromatic heterocycles. The van der Waals surface area contributed by atoms with E-state index in [-0.39, 0.29) is 6.03 Å². The van der Waals surface area contributed by atoms with Crippen molar-refractivity contribution in [3.8, 4) is 10.6 Å². The maximum Gasteiger partial charge on any atom is 0.327 e. The first-order valence-electron chi connectivity index (χ1n) is 9.69. The van der Waals surface area contributed by atoms with Gasteiger partial charge in [-0.2, -0.15) is 0 Å². The van der Waals surface area contributed by atoms with E-state index in [1.807, 2.05) is 29.6 Å². The number of hydrogen-bond donors (Lipinski definition) is 1. The van der Waals surface area contributed by atoms with Crippen molar-refractivity contribution >= 4 is 34.6 Å². The molecule has 0 unspecified atom stereocenters. The molecule has 2 aliphatic rings. The highest BCUT2D eigenvalue weighted by Crippen LogP contribution is 2.36. The average molecular weight is 407 g/mol. The Morgan fingerprint density at radius 1 is 1.07 bits per heavy atom. The molecule has 29 heavy (non-hydrogen) atoms. The van der Waals surface area contributed by atoms with Gasteiger partial charge in [-0.1, -0.05) is 6.07 Å². The highest BCUT2D eigenvalue weighted by atomic mass is 32.1. The highest BCUT2D eigenvalue weighted by molar-refractivity contribution is 7.13. The summed E-state index contributed by atoms with van der Waals surface area (Å²) in [5, 5.41) is 5.88. The van der Waals surface area contributed by atoms with Gasteiger partial charge in [0.2, 0.25) is 0 Å². The molecule has 0 atom stereocenters. The summed E-state index contributed by atoms with van der Waals surface area (Å²) in [5.41, 5.74) is 4.25. The smallest absolute Gasteiger partial charge is 0.327 e. The zero-order chi connectivity index (χ0) is 19.8. The number of nitrogens with zero attached hydrogens (tertiary/aromatic N) is 5. The topological polar surface area (TPSA) is 64.6 Å². The second kappa shape index (κ2) is 7.46. The molecule has 7 nitrogen and oxygen atoms in total. The predicted octanol–water partition coefficient (Wildman–Crippen LogP) is 3.51. The first-order valence-corrected chi connectivity index (χ1v) is 10.6. The fraction of sp³-hybridized carbons (Fsp3) is 0.286. The lowest BCUT2D eigenvalue weighted by Crippen LogP contribution is -2.46. The number of rotatable bonds is 3. The fourth-order valence-corrected chi connectivity index (χ4v) is 4.63. The first kappa shape index (κ1) is 18.1. The molecule has 4 heterocycles. The van der Waals surface area contributed by atoms with Crippen LogP contribution >= 0.6 is 11.3 Å². The van der Waals surface area contributed by atoms with Crippen molar-refractivity contribution in [2.24, 2.45) is 0 Å². The predicted molar refractivity (Wildman–Crippen MR) is 117 cm³/mol. The van der Waals surface area contributed by atoms with Crippen molar-refractivity contribution in [3.05, 3.63) is 53.7 Å². The van der Waals surface area contributed by atoms with Gasteiger partial charge in [0, 0.05) is 66.5 Å². The van der Waals surface area contributed by atoms with Crippen LogP contribution in [0.5, 0.6) is 0 Å². The Morgan fingerprint density at radius 3 is 2.66 bits per heavy atom. The molecule has 0 saturated carbocycles. The summed E-state index contributed by atoms with van der Waals surface area (Å²) < 4.78 is 0. The van der Waals surface area contributed by atoms with Crippen LogP contribution in [0.4, 0.5) is 22.0 Å². The van der Waals surface area contributed by atoms with E-state index < -0.39 is 0 Å². The quantitative estimate of drug-likeness (QED) is 0.721. The standard InChI is InChI=1S/C21H22N6OS/c1-25-9-11-26(12-10-25)18-4-2-3-17-16(18)13-27(21(28)23-17)19-14-29-20(24-19)15-5-7-22-8-6-15/h2-8,14H,9-13H2,1H3,(H,23,28). The molecule has 1 N–H and O–H groups in total. The van der Waals surface area contributed by atoms with Gasteiger partial charge in [-0.05, 0) is 31.3 Å². The number of likely N-dealkylation sites (N-methyl/N-ethyl adjacent to an activating group) is 1. The minimum Gasteiger partial charge on any atom is -0.369 e. The molecule has 148 valence electrons. The SMILES string of the molecule is CN1CCN(c2cccc3c2CN(c2csc(-c4ccncc4)n2)C(=O)N3)CC1. The van der Waals surface area contributed by atoms with Gasteiger partial charge in [-0.3, -0.25) is 9.88 Å². The minimum atomic E-state index is -0.139. The number of carbonyl (C=O) groups is 1. The number of aromatic nitrogens is 2. The maximum atomic E-state index is 12.8. The Kier molecular flexibility index (Phi) is 4.65. The molecular formula is C21H22N6OS. The molecular weight excluding hydrogens is 384 g/mol. The zero-order valence-electron chi connectivity index (χ0n) is 16.2. The third kappa shape index (κ3) is 3.45. The second-order valence-electron chi connectivity index (χ2n) is 7.36. The van der Waals surface area contributed by atoms with Crippen LogP contribution in [0.25, 0.3) is 10.6 Å². The number of thiazole rings is 1. The number of urea groups is 1. The lowest BCUT2D eigenvalue weighted by atomic mass is 10.1. The average Bonchev–Trinajstić information content (AvgIpc) is 3.24. The van der Waals surface area contributed by atoms with Gasteiger partial charge in [0.1, 0.15) is 10.8 Å². The Morgan fingerprint density at radius 2 is 1.86 bits per heavy atom. The number of carbonyl (C=O) groups excluding carboxylic acids is 1. The second-order valence-corrected chi connectivity index (χ2v) is 8.21. The molecule has 1 fully saturated rings. The summed E-state index contributed by atoms with van der Waals surface area (Å²) in [6.45, 7) is 4.58. The van der Waals surface area contributed by atoms with Gasteiger partial charge < -0.3 is 15.1 Å². The van der Waals surface area contributed by atoms with Gasteiger partial charge >= 0.3 is 6.03 Å². The maximum absolute atomic E-state index is 12.8. The van der Waals surface area contributed by atoms with E-state index in [2.05, 4.69) is 33.2 Å². The number of benzene rings is 1. The highest BCUT2D eigenvalue weighted by Gasteiger charge is 2.29. The van der Waals surface area contributed by atoms with E-state index >= 15 is 0 Å². The van der Waals surface area contributed by atoms with Crippen molar-refractivity contribution in [2.45, 2.75) is 6.54 Å². The largest absolute Gasteiger partial charge is 0.369 e. The number of amides is 2. The summed E-state index contributed by atoms with van der Waals surface area (Å²) in [7, 11) is 2.16. The number of anilines is 3. The van der Waals surface area contributed by atoms with Gasteiger partial charge in [-0.25, -0.2) is 9.78 Å². The normalized spacial score (nSPS) is 17.2. The van der Waals surface area contributed by atoms with Crippen molar-refractivity contribution < 1.29 is 4.79 Å². The van der Waals surface area contributed by atoms with Crippen molar-refractivity contribution in [2.75, 3.05) is 48.3 Å². The van der Waals surface area contributed by atoms with Crippen molar-refractivity contribution in [1.29, 1.82) is 0 Å². The summed E-state index contributed by atoms with van der Waals surface area (Å²) in [4.78, 5) is 28.0. The van der Waals surface area contributed by atoms with Crippen LogP contribution in [0, 0.1) is 0 Å². The number of piperazine rings is 1. The number of pyridine rings is 1. The molecule has 1 aromatic carbocycles. The molecule has 5 rings (SSSR count). The van der Waals surface area contributed by atoms with Crippen LogP contribution in [-0.2, 0) is 6.54 Å². The van der Waals surface area contributed by atoms with Crippen LogP contribution in [0.2, 0.25) is 0 Å². The Bertz CT molecular complexity index is 1030. The van der Waals surface area contributed by atoms with Crippen molar-refractivity contribution in [3.63, 3.8) is 0 Å². The molecule has 8 heteroatoms. The van der Waals surface area contributed by atoms with Crippen LogP contribution in [0.3, 0.4) is 0 Å². The van der Waals surface area contributed by atoms with Crippen LogP contribution < -0.4 is 15.1 Å². The van der Waals surface area contributed by atoms with Gasteiger partial charge in [-0.15, -0.1) is 11.3 Å². The van der Waals surface area contributed by atoms with E-state index in [4.69, 9.17) is 4.98 Å². The third-order valence-corrected chi connectivity index (χ3v) is 6.37. The summed E-state index contributed by atoms with van der Waals surface area (Å²) in [5.74, 6) is 0.679. The van der Waals surface area contributed by atoms with Gasteiger partial charge in [0.25, 0.3) is 0 Å². The monoisotopic (exact) mass is 406 g/mol. The molecule has 2 amide bonds. The van der Waals surface area contributed by atoms with E-state index in [1.165, 1.54) is 17.0 Å². The van der Waals surface area contributed by atoms with E-state index in [0.717, 1.165) is 48.0 Å². The summed E-state index contributed by atoms with van der Waals surface area (Å²) in [6.07, 6.45) is 3.51. The van der Waals surface area contributed by atoms with Gasteiger partial charge in [0.15, 0.2) is 0 Å². The van der Waals surface area contributed by atoms with Crippen LogP contribution in [0.15, 0.2) is 48.1 Å². The van der Waals surface area contributed by atoms with Crippen LogP contribution in [-0.4, -0.2) is 54.1 Å². The number of hydrogen-bond acceptors (Lipinski definition) is 6. The number of fused-ring (bicyclic) bond motifs is 1. The Balaban J connectivity index is 1.45. The molecule has 2 aliphatic heterocycles. The lowest BCUT2D eigenvalue weighted by molar-refractivity contribution is 0.256. The molecule has 0 radical (unpaired) electrons. The zero-order valence-corrected chi connectivity index (χ0v) is 17.0. The Hall–Kier alpha value is -2.97. The lowest BCUT2D eigenvalue weighted by Gasteiger charge is -2.37. The minimum absolute atomic E-state index is 0.139. The third-order valence-electron chi connectivity index (χ3n) is 5.49. The summed E-state index contributed by atoms with van der Waals surface area (Å²) in [6, 6.07) is 9.88. The van der Waals surface area contributed by atoms with E-state index in [0.29, 0.717) is 12.4 Å². The van der Waals surface area contributed by atoms with E-state index in [9.17, 15) is 4.79 Å². The van der Waals surface area contributed by atoms with E-state index in [1.54, 1.807) is 17.3 Å². The molecule has 0 aliphatic carbocycles. The van der Waals surface area contributed by atoms with Gasteiger partial charge in [0.05, 0.1) is 6.54 Å². The number of nitrogens with one attached hydrogen (secondary N) is 1. The van der Waals surface area contributed by atoms with Crippen LogP contribution in [0.1, 0.15) is 5.56 Å². The Labute approximate surface area is 173 Å².